The molecule has 0 spiro atoms. The Labute approximate surface area is 114 Å². The van der Waals surface area contributed by atoms with Crippen molar-refractivity contribution in [2.75, 3.05) is 11.9 Å². The van der Waals surface area contributed by atoms with Gasteiger partial charge in [-0.15, -0.1) is 5.10 Å². The molecule has 0 amide bonds. The SMILES string of the molecule is BrCCc1cn(CC2COc3ccccc32)nn1. The molecule has 2 aromatic rings. The first-order chi connectivity index (χ1) is 8.86. The Morgan fingerprint density at radius 1 is 1.39 bits per heavy atom. The highest BCUT2D eigenvalue weighted by molar-refractivity contribution is 9.09. The number of nitrogens with zero attached hydrogens (tertiary/aromatic N) is 3. The number of alkyl halides is 1. The number of hydrogen-bond donors (Lipinski definition) is 0. The lowest BCUT2D eigenvalue weighted by Gasteiger charge is -2.07. The van der Waals surface area contributed by atoms with E-state index in [1.807, 2.05) is 23.0 Å². The first-order valence-corrected chi connectivity index (χ1v) is 7.15. The molecule has 0 aliphatic carbocycles. The second kappa shape index (κ2) is 5.10. The molecule has 0 N–H and O–H groups in total. The lowest BCUT2D eigenvalue weighted by molar-refractivity contribution is 0.314. The van der Waals surface area contributed by atoms with Crippen LogP contribution in [-0.4, -0.2) is 26.9 Å². The smallest absolute Gasteiger partial charge is 0.122 e. The number of hydrogen-bond acceptors (Lipinski definition) is 3. The van der Waals surface area contributed by atoms with Gasteiger partial charge in [-0.2, -0.15) is 0 Å². The van der Waals surface area contributed by atoms with Gasteiger partial charge in [-0.3, -0.25) is 4.68 Å². The van der Waals surface area contributed by atoms with E-state index in [2.05, 4.69) is 38.4 Å². The van der Waals surface area contributed by atoms with Crippen LogP contribution in [0.3, 0.4) is 0 Å². The van der Waals surface area contributed by atoms with E-state index in [9.17, 15) is 0 Å². The summed E-state index contributed by atoms with van der Waals surface area (Å²) in [5.41, 5.74) is 2.30. The Morgan fingerprint density at radius 3 is 3.17 bits per heavy atom. The van der Waals surface area contributed by atoms with E-state index >= 15 is 0 Å². The highest BCUT2D eigenvalue weighted by Gasteiger charge is 2.24. The van der Waals surface area contributed by atoms with Crippen LogP contribution in [0.5, 0.6) is 5.75 Å². The number of ether oxygens (including phenoxy) is 1. The Hall–Kier alpha value is -1.36. The van der Waals surface area contributed by atoms with E-state index in [1.54, 1.807) is 0 Å². The molecule has 0 bridgehead atoms. The minimum Gasteiger partial charge on any atom is -0.493 e. The summed E-state index contributed by atoms with van der Waals surface area (Å²) in [5.74, 6) is 1.38. The quantitative estimate of drug-likeness (QED) is 0.814. The van der Waals surface area contributed by atoms with Crippen LogP contribution in [0.1, 0.15) is 17.2 Å². The molecule has 1 aromatic carbocycles. The Bertz CT molecular complexity index is 541. The highest BCUT2D eigenvalue weighted by Crippen LogP contribution is 2.34. The molecule has 18 heavy (non-hydrogen) atoms. The predicted octanol–water partition coefficient (Wildman–Crippen LogP) is 2.39. The van der Waals surface area contributed by atoms with Crippen molar-refractivity contribution in [2.45, 2.75) is 18.9 Å². The summed E-state index contributed by atoms with van der Waals surface area (Å²) in [5, 5.41) is 9.23. The lowest BCUT2D eigenvalue weighted by Crippen LogP contribution is -2.11. The number of halogens is 1. The monoisotopic (exact) mass is 307 g/mol. The van der Waals surface area contributed by atoms with Crippen molar-refractivity contribution < 1.29 is 4.74 Å². The van der Waals surface area contributed by atoms with Gasteiger partial charge in [-0.05, 0) is 6.07 Å². The highest BCUT2D eigenvalue weighted by atomic mass is 79.9. The molecule has 5 heteroatoms. The molecule has 0 saturated heterocycles. The second-order valence-electron chi connectivity index (χ2n) is 4.42. The lowest BCUT2D eigenvalue weighted by atomic mass is 10.0. The minimum atomic E-state index is 0.375. The van der Waals surface area contributed by atoms with E-state index < -0.39 is 0 Å². The fourth-order valence-corrected chi connectivity index (χ4v) is 2.65. The predicted molar refractivity (Wildman–Crippen MR) is 72.2 cm³/mol. The fourth-order valence-electron chi connectivity index (χ4n) is 2.25. The van der Waals surface area contributed by atoms with Crippen LogP contribution in [0, 0.1) is 0 Å². The number of aromatic nitrogens is 3. The van der Waals surface area contributed by atoms with Gasteiger partial charge in [0.2, 0.25) is 0 Å². The van der Waals surface area contributed by atoms with Gasteiger partial charge in [0.05, 0.1) is 18.8 Å². The summed E-state index contributed by atoms with van der Waals surface area (Å²) in [6.45, 7) is 1.55. The zero-order valence-corrected chi connectivity index (χ0v) is 11.5. The third kappa shape index (κ3) is 2.27. The van der Waals surface area contributed by atoms with Gasteiger partial charge >= 0.3 is 0 Å². The number of aryl methyl sites for hydroxylation is 1. The maximum Gasteiger partial charge on any atom is 0.122 e. The number of benzene rings is 1. The molecule has 3 rings (SSSR count). The summed E-state index contributed by atoms with van der Waals surface area (Å²) in [4.78, 5) is 0. The largest absolute Gasteiger partial charge is 0.493 e. The van der Waals surface area contributed by atoms with Crippen molar-refractivity contribution in [3.8, 4) is 5.75 Å². The van der Waals surface area contributed by atoms with Crippen LogP contribution in [0.2, 0.25) is 0 Å². The van der Waals surface area contributed by atoms with Crippen molar-refractivity contribution in [3.63, 3.8) is 0 Å². The third-order valence-electron chi connectivity index (χ3n) is 3.14. The Balaban J connectivity index is 1.73. The van der Waals surface area contributed by atoms with Gasteiger partial charge in [0.1, 0.15) is 5.75 Å². The van der Waals surface area contributed by atoms with Gasteiger partial charge in [-0.25, -0.2) is 0 Å². The molecule has 4 nitrogen and oxygen atoms in total. The Kier molecular flexibility index (Phi) is 3.32. The number of para-hydroxylation sites is 1. The first-order valence-electron chi connectivity index (χ1n) is 6.03. The van der Waals surface area contributed by atoms with Gasteiger partial charge in [-0.1, -0.05) is 39.3 Å². The van der Waals surface area contributed by atoms with Gasteiger partial charge in [0.25, 0.3) is 0 Å². The zero-order chi connectivity index (χ0) is 12.4. The van der Waals surface area contributed by atoms with Gasteiger partial charge in [0.15, 0.2) is 0 Å². The van der Waals surface area contributed by atoms with Gasteiger partial charge in [0, 0.05) is 29.4 Å². The van der Waals surface area contributed by atoms with Crippen LogP contribution < -0.4 is 4.74 Å². The first kappa shape index (κ1) is 11.7. The molecule has 0 radical (unpaired) electrons. The van der Waals surface area contributed by atoms with E-state index in [4.69, 9.17) is 4.74 Å². The van der Waals surface area contributed by atoms with Gasteiger partial charge < -0.3 is 4.74 Å². The minimum absolute atomic E-state index is 0.375. The summed E-state index contributed by atoms with van der Waals surface area (Å²) < 4.78 is 7.58. The van der Waals surface area contributed by atoms with Crippen LogP contribution in [0.25, 0.3) is 0 Å². The third-order valence-corrected chi connectivity index (χ3v) is 3.54. The molecule has 94 valence electrons. The molecule has 1 aliphatic heterocycles. The van der Waals surface area contributed by atoms with Crippen molar-refractivity contribution in [1.29, 1.82) is 0 Å². The maximum atomic E-state index is 5.67. The molecule has 0 fully saturated rings. The topological polar surface area (TPSA) is 39.9 Å². The van der Waals surface area contributed by atoms with Crippen molar-refractivity contribution in [2.24, 2.45) is 0 Å². The molecule has 1 atom stereocenters. The average Bonchev–Trinajstić information content (AvgIpc) is 2.99. The molecule has 0 saturated carbocycles. The molecular formula is C13H14BrN3O. The second-order valence-corrected chi connectivity index (χ2v) is 5.21. The summed E-state index contributed by atoms with van der Waals surface area (Å²) in [7, 11) is 0. The van der Waals surface area contributed by atoms with E-state index in [0.29, 0.717) is 5.92 Å². The fraction of sp³-hybridized carbons (Fsp3) is 0.385. The van der Waals surface area contributed by atoms with Crippen LogP contribution in [-0.2, 0) is 13.0 Å². The van der Waals surface area contributed by atoms with Crippen LogP contribution >= 0.6 is 15.9 Å². The summed E-state index contributed by atoms with van der Waals surface area (Å²) in [6.07, 6.45) is 2.93. The number of rotatable bonds is 4. The van der Waals surface area contributed by atoms with Crippen molar-refractivity contribution >= 4 is 15.9 Å². The molecular weight excluding hydrogens is 294 g/mol. The van der Waals surface area contributed by atoms with Crippen molar-refractivity contribution in [1.82, 2.24) is 15.0 Å². The zero-order valence-electron chi connectivity index (χ0n) is 9.92. The molecule has 1 aromatic heterocycles. The summed E-state index contributed by atoms with van der Waals surface area (Å²) in [6, 6.07) is 8.21. The number of fused-ring (bicyclic) bond motifs is 1. The normalized spacial score (nSPS) is 17.5. The average molecular weight is 308 g/mol. The molecule has 1 aliphatic rings. The standard InChI is InChI=1S/C13H14BrN3O/c14-6-5-11-8-17(16-15-11)7-10-9-18-13-4-2-1-3-12(10)13/h1-4,8,10H,5-7,9H2. The van der Waals surface area contributed by atoms with E-state index in [-0.39, 0.29) is 0 Å². The molecule has 1 unspecified atom stereocenters. The maximum absolute atomic E-state index is 5.67. The van der Waals surface area contributed by atoms with Crippen LogP contribution in [0.15, 0.2) is 30.5 Å². The molecule has 2 heterocycles. The van der Waals surface area contributed by atoms with E-state index in [1.165, 1.54) is 5.56 Å². The van der Waals surface area contributed by atoms with Crippen molar-refractivity contribution in [3.05, 3.63) is 41.7 Å². The Morgan fingerprint density at radius 2 is 2.28 bits per heavy atom. The van der Waals surface area contributed by atoms with Crippen LogP contribution in [0.4, 0.5) is 0 Å². The van der Waals surface area contributed by atoms with E-state index in [0.717, 1.165) is 36.3 Å². The summed E-state index contributed by atoms with van der Waals surface area (Å²) >= 11 is 3.41.